The number of H-pyrrole nitrogens is 1. The minimum absolute atomic E-state index is 0.0508. The Bertz CT molecular complexity index is 704. The van der Waals surface area contributed by atoms with E-state index in [0.29, 0.717) is 12.0 Å². The Balaban J connectivity index is 1.98. The van der Waals surface area contributed by atoms with Crippen molar-refractivity contribution in [3.05, 3.63) is 62.6 Å². The predicted octanol–water partition coefficient (Wildman–Crippen LogP) is 2.05. The molecule has 3 rings (SSSR count). The SMILES string of the molecule is O=Cc1cccc(Cc2n[nH]c(=O)c3c2CCCC3)c1. The molecule has 1 aromatic heterocycles. The van der Waals surface area contributed by atoms with Crippen LogP contribution in [0.25, 0.3) is 0 Å². The third-order valence-electron chi connectivity index (χ3n) is 3.84. The number of aldehydes is 1. The quantitative estimate of drug-likeness (QED) is 0.867. The maximum atomic E-state index is 11.8. The third-order valence-corrected chi connectivity index (χ3v) is 3.84. The molecule has 4 nitrogen and oxygen atoms in total. The number of aromatic amines is 1. The maximum Gasteiger partial charge on any atom is 0.267 e. The Morgan fingerprint density at radius 1 is 1.20 bits per heavy atom. The molecule has 1 aliphatic carbocycles. The largest absolute Gasteiger partial charge is 0.298 e. The number of hydrogen-bond acceptors (Lipinski definition) is 3. The summed E-state index contributed by atoms with van der Waals surface area (Å²) in [6.07, 6.45) is 5.45. The van der Waals surface area contributed by atoms with E-state index in [4.69, 9.17) is 0 Å². The minimum Gasteiger partial charge on any atom is -0.298 e. The maximum absolute atomic E-state index is 11.8. The zero-order chi connectivity index (χ0) is 13.9. The molecule has 20 heavy (non-hydrogen) atoms. The van der Waals surface area contributed by atoms with Crippen molar-refractivity contribution in [3.63, 3.8) is 0 Å². The van der Waals surface area contributed by atoms with E-state index in [0.717, 1.165) is 54.4 Å². The summed E-state index contributed by atoms with van der Waals surface area (Å²) in [6.45, 7) is 0. The average molecular weight is 268 g/mol. The number of nitrogens with zero attached hydrogens (tertiary/aromatic N) is 1. The molecule has 0 fully saturated rings. The average Bonchev–Trinajstić information content (AvgIpc) is 2.51. The van der Waals surface area contributed by atoms with Crippen LogP contribution in [-0.4, -0.2) is 16.5 Å². The van der Waals surface area contributed by atoms with Crippen LogP contribution in [0.3, 0.4) is 0 Å². The van der Waals surface area contributed by atoms with E-state index in [1.165, 1.54) is 0 Å². The van der Waals surface area contributed by atoms with Crippen molar-refractivity contribution >= 4 is 6.29 Å². The summed E-state index contributed by atoms with van der Waals surface area (Å²) < 4.78 is 0. The van der Waals surface area contributed by atoms with E-state index >= 15 is 0 Å². The van der Waals surface area contributed by atoms with Crippen LogP contribution < -0.4 is 5.56 Å². The molecule has 0 atom stereocenters. The molecule has 0 amide bonds. The van der Waals surface area contributed by atoms with Crippen LogP contribution in [0.2, 0.25) is 0 Å². The molecule has 0 aliphatic heterocycles. The number of rotatable bonds is 3. The van der Waals surface area contributed by atoms with Crippen molar-refractivity contribution in [2.75, 3.05) is 0 Å². The number of aromatic nitrogens is 2. The van der Waals surface area contributed by atoms with Crippen LogP contribution in [0, 0.1) is 0 Å². The highest BCUT2D eigenvalue weighted by Crippen LogP contribution is 2.22. The molecule has 0 radical (unpaired) electrons. The molecule has 1 aromatic carbocycles. The number of fused-ring (bicyclic) bond motifs is 1. The first-order valence-corrected chi connectivity index (χ1v) is 6.91. The first kappa shape index (κ1) is 12.8. The molecule has 1 heterocycles. The Kier molecular flexibility index (Phi) is 3.46. The van der Waals surface area contributed by atoms with Crippen LogP contribution >= 0.6 is 0 Å². The van der Waals surface area contributed by atoms with E-state index < -0.39 is 0 Å². The topological polar surface area (TPSA) is 62.8 Å². The Morgan fingerprint density at radius 3 is 2.80 bits per heavy atom. The van der Waals surface area contributed by atoms with Crippen LogP contribution in [0.15, 0.2) is 29.1 Å². The van der Waals surface area contributed by atoms with Gasteiger partial charge < -0.3 is 0 Å². The number of benzene rings is 1. The lowest BCUT2D eigenvalue weighted by molar-refractivity contribution is 0.112. The molecule has 0 bridgehead atoms. The fraction of sp³-hybridized carbons (Fsp3) is 0.312. The molecule has 1 aliphatic rings. The van der Waals surface area contributed by atoms with Crippen molar-refractivity contribution in [1.82, 2.24) is 10.2 Å². The number of carbonyl (C=O) groups is 1. The smallest absolute Gasteiger partial charge is 0.267 e. The van der Waals surface area contributed by atoms with Gasteiger partial charge in [-0.25, -0.2) is 5.10 Å². The zero-order valence-corrected chi connectivity index (χ0v) is 11.2. The monoisotopic (exact) mass is 268 g/mol. The summed E-state index contributed by atoms with van der Waals surface area (Å²) in [5, 5.41) is 6.82. The summed E-state index contributed by atoms with van der Waals surface area (Å²) in [7, 11) is 0. The zero-order valence-electron chi connectivity index (χ0n) is 11.2. The van der Waals surface area contributed by atoms with Gasteiger partial charge in [0.15, 0.2) is 0 Å². The number of hydrogen-bond donors (Lipinski definition) is 1. The molecule has 0 saturated carbocycles. The van der Waals surface area contributed by atoms with Crippen molar-refractivity contribution in [1.29, 1.82) is 0 Å². The van der Waals surface area contributed by atoms with Crippen molar-refractivity contribution in [3.8, 4) is 0 Å². The summed E-state index contributed by atoms with van der Waals surface area (Å²) in [5.74, 6) is 0. The van der Waals surface area contributed by atoms with E-state index in [1.54, 1.807) is 6.07 Å². The van der Waals surface area contributed by atoms with Gasteiger partial charge in [-0.15, -0.1) is 0 Å². The highest BCUT2D eigenvalue weighted by Gasteiger charge is 2.17. The van der Waals surface area contributed by atoms with Gasteiger partial charge >= 0.3 is 0 Å². The highest BCUT2D eigenvalue weighted by atomic mass is 16.1. The Morgan fingerprint density at radius 2 is 2.00 bits per heavy atom. The van der Waals surface area contributed by atoms with Gasteiger partial charge in [0, 0.05) is 17.5 Å². The van der Waals surface area contributed by atoms with Gasteiger partial charge in [-0.2, -0.15) is 5.10 Å². The molecule has 2 aromatic rings. The molecule has 0 unspecified atom stereocenters. The third kappa shape index (κ3) is 2.41. The van der Waals surface area contributed by atoms with Gasteiger partial charge in [0.05, 0.1) is 5.69 Å². The van der Waals surface area contributed by atoms with Crippen molar-refractivity contribution < 1.29 is 4.79 Å². The van der Waals surface area contributed by atoms with E-state index in [1.807, 2.05) is 18.2 Å². The van der Waals surface area contributed by atoms with Crippen molar-refractivity contribution in [2.45, 2.75) is 32.1 Å². The second kappa shape index (κ2) is 5.41. The van der Waals surface area contributed by atoms with Gasteiger partial charge in [-0.05, 0) is 42.9 Å². The second-order valence-corrected chi connectivity index (χ2v) is 5.20. The van der Waals surface area contributed by atoms with E-state index in [9.17, 15) is 9.59 Å². The fourth-order valence-corrected chi connectivity index (χ4v) is 2.84. The van der Waals surface area contributed by atoms with Crippen LogP contribution in [0.1, 0.15) is 45.6 Å². The van der Waals surface area contributed by atoms with Gasteiger partial charge in [0.2, 0.25) is 0 Å². The molecule has 102 valence electrons. The summed E-state index contributed by atoms with van der Waals surface area (Å²) in [5.41, 5.74) is 4.60. The lowest BCUT2D eigenvalue weighted by Gasteiger charge is -2.17. The van der Waals surface area contributed by atoms with Crippen LogP contribution in [0.4, 0.5) is 0 Å². The van der Waals surface area contributed by atoms with Gasteiger partial charge in [-0.3, -0.25) is 9.59 Å². The molecule has 1 N–H and O–H groups in total. The normalized spacial score (nSPS) is 13.8. The molecular weight excluding hydrogens is 252 g/mol. The first-order chi connectivity index (χ1) is 9.78. The van der Waals surface area contributed by atoms with Crippen LogP contribution in [-0.2, 0) is 19.3 Å². The fourth-order valence-electron chi connectivity index (χ4n) is 2.84. The van der Waals surface area contributed by atoms with Crippen LogP contribution in [0.5, 0.6) is 0 Å². The lowest BCUT2D eigenvalue weighted by Crippen LogP contribution is -2.23. The molecule has 0 saturated heterocycles. The van der Waals surface area contributed by atoms with Gasteiger partial charge in [0.1, 0.15) is 6.29 Å². The molecule has 0 spiro atoms. The van der Waals surface area contributed by atoms with Gasteiger partial charge in [-0.1, -0.05) is 18.2 Å². The standard InChI is InChI=1S/C16H16N2O2/c19-10-12-5-3-4-11(8-12)9-15-13-6-1-2-7-14(13)16(20)18-17-15/h3-5,8,10H,1-2,6-7,9H2,(H,18,20). The lowest BCUT2D eigenvalue weighted by atomic mass is 9.90. The summed E-state index contributed by atoms with van der Waals surface area (Å²) in [6, 6.07) is 7.51. The molecular formula is C16H16N2O2. The highest BCUT2D eigenvalue weighted by molar-refractivity contribution is 5.74. The summed E-state index contributed by atoms with van der Waals surface area (Å²) in [4.78, 5) is 22.6. The summed E-state index contributed by atoms with van der Waals surface area (Å²) >= 11 is 0. The Labute approximate surface area is 116 Å². The van der Waals surface area contributed by atoms with Crippen molar-refractivity contribution in [2.24, 2.45) is 0 Å². The number of carbonyl (C=O) groups excluding carboxylic acids is 1. The predicted molar refractivity (Wildman–Crippen MR) is 76.1 cm³/mol. The number of nitrogens with one attached hydrogen (secondary N) is 1. The minimum atomic E-state index is -0.0508. The van der Waals surface area contributed by atoms with E-state index in [-0.39, 0.29) is 5.56 Å². The first-order valence-electron chi connectivity index (χ1n) is 6.91. The van der Waals surface area contributed by atoms with Gasteiger partial charge in [0.25, 0.3) is 5.56 Å². The van der Waals surface area contributed by atoms with E-state index in [2.05, 4.69) is 10.2 Å². The Hall–Kier alpha value is -2.23. The second-order valence-electron chi connectivity index (χ2n) is 5.20. The molecule has 4 heteroatoms.